The summed E-state index contributed by atoms with van der Waals surface area (Å²) >= 11 is 0. The van der Waals surface area contributed by atoms with Gasteiger partial charge in [0.05, 0.1) is 10.8 Å². The molecule has 0 aliphatic carbocycles. The molecule has 82 valence electrons. The fourth-order valence-electron chi connectivity index (χ4n) is 0.824. The molecule has 0 aromatic heterocycles. The van der Waals surface area contributed by atoms with Gasteiger partial charge in [0.15, 0.2) is 9.15 Å². The molecule has 15 heavy (non-hydrogen) atoms. The third-order valence-electron chi connectivity index (χ3n) is 1.37. The maximum Gasteiger partial charge on any atom is 0.382 e. The van der Waals surface area contributed by atoms with Gasteiger partial charge in [-0.3, -0.25) is 0 Å². The molecule has 1 aromatic rings. The minimum absolute atomic E-state index is 0.0534. The SMILES string of the molecule is O=C(OCc1ccccc1)SS(=O)(=O)[O-]. The van der Waals surface area contributed by atoms with Gasteiger partial charge in [-0.2, -0.15) is 0 Å². The van der Waals surface area contributed by atoms with Crippen LogP contribution in [0.4, 0.5) is 4.79 Å². The first-order valence-electron chi connectivity index (χ1n) is 3.83. The van der Waals surface area contributed by atoms with Gasteiger partial charge >= 0.3 is 5.30 Å². The quantitative estimate of drug-likeness (QED) is 0.457. The highest BCUT2D eigenvalue weighted by molar-refractivity contribution is 8.75. The fraction of sp³-hybridized carbons (Fsp3) is 0.125. The minimum Gasteiger partial charge on any atom is -0.739 e. The Hall–Kier alpha value is -1.05. The van der Waals surface area contributed by atoms with E-state index in [4.69, 9.17) is 0 Å². The lowest BCUT2D eigenvalue weighted by Gasteiger charge is -2.05. The molecule has 0 N–H and O–H groups in total. The van der Waals surface area contributed by atoms with Crippen LogP contribution in [-0.4, -0.2) is 18.3 Å². The summed E-state index contributed by atoms with van der Waals surface area (Å²) in [7, 11) is -5.00. The largest absolute Gasteiger partial charge is 0.739 e. The smallest absolute Gasteiger partial charge is 0.382 e. The summed E-state index contributed by atoms with van der Waals surface area (Å²) in [6.07, 6.45) is 0. The molecular formula is C8H7O5S2-. The normalized spacial score (nSPS) is 11.0. The van der Waals surface area contributed by atoms with Crippen LogP contribution in [0.5, 0.6) is 0 Å². The highest BCUT2D eigenvalue weighted by atomic mass is 33.1. The number of carbonyl (C=O) groups excluding carboxylic acids is 1. The van der Waals surface area contributed by atoms with Crippen molar-refractivity contribution in [3.05, 3.63) is 35.9 Å². The van der Waals surface area contributed by atoms with Gasteiger partial charge in [0.25, 0.3) is 0 Å². The van der Waals surface area contributed by atoms with Gasteiger partial charge < -0.3 is 9.29 Å². The monoisotopic (exact) mass is 247 g/mol. The van der Waals surface area contributed by atoms with Gasteiger partial charge in [-0.1, -0.05) is 30.3 Å². The highest BCUT2D eigenvalue weighted by Crippen LogP contribution is 2.14. The van der Waals surface area contributed by atoms with Gasteiger partial charge in [-0.25, -0.2) is 13.2 Å². The molecule has 1 aromatic carbocycles. The van der Waals surface area contributed by atoms with E-state index in [1.54, 1.807) is 30.3 Å². The van der Waals surface area contributed by atoms with E-state index in [0.29, 0.717) is 0 Å². The molecule has 0 bridgehead atoms. The van der Waals surface area contributed by atoms with E-state index in [-0.39, 0.29) is 17.4 Å². The Balaban J connectivity index is 2.42. The second-order valence-corrected chi connectivity index (χ2v) is 5.56. The third kappa shape index (κ3) is 5.40. The predicted molar refractivity (Wildman–Crippen MR) is 53.9 cm³/mol. The Morgan fingerprint density at radius 1 is 1.33 bits per heavy atom. The third-order valence-corrected chi connectivity index (χ3v) is 2.85. The Kier molecular flexibility index (Phi) is 4.13. The van der Waals surface area contributed by atoms with Crippen LogP contribution in [0.15, 0.2) is 30.3 Å². The van der Waals surface area contributed by atoms with Gasteiger partial charge in [0.2, 0.25) is 0 Å². The maximum atomic E-state index is 10.8. The van der Waals surface area contributed by atoms with Crippen LogP contribution >= 0.6 is 10.8 Å². The van der Waals surface area contributed by atoms with Crippen LogP contribution in [0.3, 0.4) is 0 Å². The van der Waals surface area contributed by atoms with Crippen molar-refractivity contribution in [2.45, 2.75) is 6.61 Å². The van der Waals surface area contributed by atoms with Crippen molar-refractivity contribution in [3.63, 3.8) is 0 Å². The molecule has 0 fully saturated rings. The van der Waals surface area contributed by atoms with Crippen molar-refractivity contribution in [2.75, 3.05) is 0 Å². The van der Waals surface area contributed by atoms with E-state index in [1.165, 1.54) is 0 Å². The average Bonchev–Trinajstić information content (AvgIpc) is 2.14. The zero-order valence-electron chi connectivity index (χ0n) is 7.45. The fourth-order valence-corrected chi connectivity index (χ4v) is 1.74. The van der Waals surface area contributed by atoms with E-state index in [2.05, 4.69) is 4.74 Å². The Morgan fingerprint density at radius 2 is 1.93 bits per heavy atom. The number of benzene rings is 1. The molecule has 0 spiro atoms. The summed E-state index contributed by atoms with van der Waals surface area (Å²) in [5, 5.41) is -1.12. The zero-order valence-corrected chi connectivity index (χ0v) is 9.08. The second kappa shape index (κ2) is 5.15. The van der Waals surface area contributed by atoms with Crippen molar-refractivity contribution in [1.29, 1.82) is 0 Å². The molecule has 0 amide bonds. The van der Waals surface area contributed by atoms with Crippen molar-refractivity contribution < 1.29 is 22.5 Å². The van der Waals surface area contributed by atoms with Crippen LogP contribution in [0.1, 0.15) is 5.56 Å². The number of carbonyl (C=O) groups is 1. The van der Waals surface area contributed by atoms with Crippen LogP contribution in [0.25, 0.3) is 0 Å². The molecule has 0 radical (unpaired) electrons. The molecule has 7 heteroatoms. The van der Waals surface area contributed by atoms with Gasteiger partial charge in [-0.05, 0) is 5.56 Å². The lowest BCUT2D eigenvalue weighted by atomic mass is 10.2. The molecule has 0 atom stereocenters. The van der Waals surface area contributed by atoms with E-state index in [0.717, 1.165) is 5.56 Å². The first kappa shape index (κ1) is 12.0. The Morgan fingerprint density at radius 3 is 2.47 bits per heavy atom. The molecule has 5 nitrogen and oxygen atoms in total. The standard InChI is InChI=1S/C8H8O5S2/c9-8(14-15(10,11)12)13-6-7-4-2-1-3-5-7/h1-5H,6H2,(H,10,11,12)/p-1. The summed E-state index contributed by atoms with van der Waals surface area (Å²) in [6.45, 7) is -0.0534. The van der Waals surface area contributed by atoms with Crippen LogP contribution in [-0.2, 0) is 20.5 Å². The number of rotatable bonds is 3. The topological polar surface area (TPSA) is 83.5 Å². The molecule has 0 saturated carbocycles. The summed E-state index contributed by atoms with van der Waals surface area (Å²) in [4.78, 5) is 10.8. The summed E-state index contributed by atoms with van der Waals surface area (Å²) in [5.74, 6) is 0. The summed E-state index contributed by atoms with van der Waals surface area (Å²) in [5.41, 5.74) is 0.717. The first-order valence-corrected chi connectivity index (χ1v) is 6.57. The van der Waals surface area contributed by atoms with E-state index in [9.17, 15) is 17.8 Å². The molecule has 0 saturated heterocycles. The van der Waals surface area contributed by atoms with Crippen molar-refractivity contribution in [3.8, 4) is 0 Å². The van der Waals surface area contributed by atoms with Crippen molar-refractivity contribution >= 4 is 25.2 Å². The predicted octanol–water partition coefficient (Wildman–Crippen LogP) is 1.52. The number of ether oxygens (including phenoxy) is 1. The molecule has 0 heterocycles. The molecule has 0 aliphatic rings. The molecule has 0 aliphatic heterocycles. The van der Waals surface area contributed by atoms with Crippen LogP contribution < -0.4 is 0 Å². The van der Waals surface area contributed by atoms with Crippen molar-refractivity contribution in [2.24, 2.45) is 0 Å². The second-order valence-electron chi connectivity index (χ2n) is 2.52. The van der Waals surface area contributed by atoms with Gasteiger partial charge in [0.1, 0.15) is 6.61 Å². The van der Waals surface area contributed by atoms with Crippen molar-refractivity contribution in [1.82, 2.24) is 0 Å². The van der Waals surface area contributed by atoms with Gasteiger partial charge in [0, 0.05) is 0 Å². The van der Waals surface area contributed by atoms with E-state index in [1.807, 2.05) is 0 Å². The number of hydrogen-bond donors (Lipinski definition) is 0. The molecule has 1 rings (SSSR count). The molecular weight excluding hydrogens is 240 g/mol. The summed E-state index contributed by atoms with van der Waals surface area (Å²) < 4.78 is 35.0. The first-order chi connectivity index (χ1) is 6.97. The average molecular weight is 247 g/mol. The minimum atomic E-state index is -4.64. The number of hydrogen-bond acceptors (Lipinski definition) is 6. The maximum absolute atomic E-state index is 10.8. The van der Waals surface area contributed by atoms with Gasteiger partial charge in [-0.15, -0.1) is 0 Å². The Bertz CT molecular complexity index is 426. The Labute approximate surface area is 90.6 Å². The molecule has 0 unspecified atom stereocenters. The van der Waals surface area contributed by atoms with E-state index < -0.39 is 14.5 Å². The lowest BCUT2D eigenvalue weighted by molar-refractivity contribution is 0.169. The van der Waals surface area contributed by atoms with E-state index >= 15 is 0 Å². The van der Waals surface area contributed by atoms with Crippen LogP contribution in [0, 0.1) is 0 Å². The lowest BCUT2D eigenvalue weighted by Crippen LogP contribution is -2.02. The zero-order chi connectivity index (χ0) is 11.3. The highest BCUT2D eigenvalue weighted by Gasteiger charge is 2.09. The summed E-state index contributed by atoms with van der Waals surface area (Å²) in [6, 6.07) is 8.72. The van der Waals surface area contributed by atoms with Crippen LogP contribution in [0.2, 0.25) is 0 Å².